The van der Waals surface area contributed by atoms with Gasteiger partial charge in [0.1, 0.15) is 6.54 Å². The lowest BCUT2D eigenvalue weighted by Gasteiger charge is -2.11. The number of aromatic nitrogens is 2. The number of amides is 1. The van der Waals surface area contributed by atoms with Crippen LogP contribution in [0, 0.1) is 0 Å². The number of carboxylic acids is 1. The highest BCUT2D eigenvalue weighted by Crippen LogP contribution is 2.08. The second-order valence-electron chi connectivity index (χ2n) is 4.60. The Kier molecular flexibility index (Phi) is 3.88. The molecule has 0 radical (unpaired) electrons. The van der Waals surface area contributed by atoms with Gasteiger partial charge in [0.2, 0.25) is 5.91 Å². The molecule has 0 aliphatic carbocycles. The quantitative estimate of drug-likeness (QED) is 0.731. The lowest BCUT2D eigenvalue weighted by molar-refractivity contribution is -0.137. The van der Waals surface area contributed by atoms with E-state index in [1.807, 2.05) is 0 Å². The summed E-state index contributed by atoms with van der Waals surface area (Å²) in [6.07, 6.45) is -0.158. The van der Waals surface area contributed by atoms with E-state index in [4.69, 9.17) is 5.11 Å². The molecular formula is C13H15N3O4. The molecule has 20 heavy (non-hydrogen) atoms. The van der Waals surface area contributed by atoms with E-state index in [-0.39, 0.29) is 18.7 Å². The minimum atomic E-state index is -0.984. The molecule has 7 nitrogen and oxygen atoms in total. The van der Waals surface area contributed by atoms with Crippen molar-refractivity contribution in [3.8, 4) is 0 Å². The van der Waals surface area contributed by atoms with Gasteiger partial charge in [-0.1, -0.05) is 12.1 Å². The van der Waals surface area contributed by atoms with E-state index in [2.05, 4.69) is 10.3 Å². The van der Waals surface area contributed by atoms with Gasteiger partial charge < -0.3 is 15.4 Å². The van der Waals surface area contributed by atoms with Gasteiger partial charge in [0.05, 0.1) is 17.5 Å². The second-order valence-corrected chi connectivity index (χ2v) is 4.60. The number of para-hydroxylation sites is 2. The Labute approximate surface area is 114 Å². The molecule has 0 aliphatic rings. The number of carbonyl (C=O) groups excluding carboxylic acids is 1. The van der Waals surface area contributed by atoms with E-state index in [0.717, 1.165) is 0 Å². The van der Waals surface area contributed by atoms with Crippen LogP contribution in [-0.2, 0) is 16.1 Å². The monoisotopic (exact) mass is 277 g/mol. The zero-order valence-electron chi connectivity index (χ0n) is 10.9. The highest BCUT2D eigenvalue weighted by atomic mass is 16.4. The summed E-state index contributed by atoms with van der Waals surface area (Å²) < 4.78 is 1.32. The smallest absolute Gasteiger partial charge is 0.326 e. The average molecular weight is 277 g/mol. The maximum Gasteiger partial charge on any atom is 0.326 e. The van der Waals surface area contributed by atoms with Crippen molar-refractivity contribution >= 4 is 22.9 Å². The van der Waals surface area contributed by atoms with Gasteiger partial charge in [-0.05, 0) is 19.1 Å². The number of imidazole rings is 1. The fraction of sp³-hybridized carbons (Fsp3) is 0.308. The Morgan fingerprint density at radius 1 is 1.40 bits per heavy atom. The number of hydrogen-bond donors (Lipinski definition) is 3. The molecule has 0 saturated heterocycles. The SMILES string of the molecule is CC(CC(=O)O)NC(=O)Cn1c(=O)[nH]c2ccccc21. The van der Waals surface area contributed by atoms with E-state index in [0.29, 0.717) is 11.0 Å². The van der Waals surface area contributed by atoms with E-state index in [1.54, 1.807) is 31.2 Å². The van der Waals surface area contributed by atoms with Gasteiger partial charge in [-0.3, -0.25) is 14.2 Å². The van der Waals surface area contributed by atoms with Crippen LogP contribution in [0.3, 0.4) is 0 Å². The minimum absolute atomic E-state index is 0.146. The molecule has 1 aromatic heterocycles. The zero-order valence-corrected chi connectivity index (χ0v) is 10.9. The number of fused-ring (bicyclic) bond motifs is 1. The van der Waals surface area contributed by atoms with Crippen LogP contribution in [0.1, 0.15) is 13.3 Å². The fourth-order valence-electron chi connectivity index (χ4n) is 2.04. The number of nitrogens with zero attached hydrogens (tertiary/aromatic N) is 1. The van der Waals surface area contributed by atoms with Crippen LogP contribution >= 0.6 is 0 Å². The normalized spacial score (nSPS) is 12.2. The highest BCUT2D eigenvalue weighted by Gasteiger charge is 2.14. The molecule has 106 valence electrons. The van der Waals surface area contributed by atoms with E-state index in [1.165, 1.54) is 4.57 Å². The molecule has 2 aromatic rings. The molecule has 0 saturated carbocycles. The molecule has 1 atom stereocenters. The first-order chi connectivity index (χ1) is 9.47. The van der Waals surface area contributed by atoms with Crippen molar-refractivity contribution in [1.29, 1.82) is 0 Å². The highest BCUT2D eigenvalue weighted by molar-refractivity contribution is 5.81. The lowest BCUT2D eigenvalue weighted by atomic mass is 10.2. The summed E-state index contributed by atoms with van der Waals surface area (Å²) >= 11 is 0. The van der Waals surface area contributed by atoms with Gasteiger partial charge in [-0.2, -0.15) is 0 Å². The predicted octanol–water partition coefficient (Wildman–Crippen LogP) is 0.309. The molecule has 2 rings (SSSR count). The van der Waals surface area contributed by atoms with Crippen LogP contribution in [0.25, 0.3) is 11.0 Å². The molecule has 0 bridgehead atoms. The average Bonchev–Trinajstić information content (AvgIpc) is 2.65. The van der Waals surface area contributed by atoms with Gasteiger partial charge in [-0.25, -0.2) is 4.79 Å². The number of nitrogens with one attached hydrogen (secondary N) is 2. The molecule has 1 unspecified atom stereocenters. The van der Waals surface area contributed by atoms with Gasteiger partial charge in [0, 0.05) is 6.04 Å². The summed E-state index contributed by atoms with van der Waals surface area (Å²) in [4.78, 5) is 36.8. The number of aromatic amines is 1. The summed E-state index contributed by atoms with van der Waals surface area (Å²) in [5.41, 5.74) is 0.926. The summed E-state index contributed by atoms with van der Waals surface area (Å²) in [7, 11) is 0. The number of carbonyl (C=O) groups is 2. The maximum absolute atomic E-state index is 11.8. The van der Waals surface area contributed by atoms with Gasteiger partial charge >= 0.3 is 11.7 Å². The van der Waals surface area contributed by atoms with Gasteiger partial charge in [0.15, 0.2) is 0 Å². The Morgan fingerprint density at radius 3 is 2.80 bits per heavy atom. The molecule has 1 heterocycles. The summed E-state index contributed by atoms with van der Waals surface area (Å²) in [5, 5.41) is 11.2. The third kappa shape index (κ3) is 3.05. The number of H-pyrrole nitrogens is 1. The second kappa shape index (κ2) is 5.60. The summed E-state index contributed by atoms with van der Waals surface area (Å²) in [6, 6.07) is 6.56. The number of benzene rings is 1. The first kappa shape index (κ1) is 13.9. The molecular weight excluding hydrogens is 262 g/mol. The van der Waals surface area contributed by atoms with Crippen molar-refractivity contribution in [2.45, 2.75) is 25.9 Å². The molecule has 0 aliphatic heterocycles. The van der Waals surface area contributed by atoms with E-state index in [9.17, 15) is 14.4 Å². The van der Waals surface area contributed by atoms with Crippen molar-refractivity contribution in [1.82, 2.24) is 14.9 Å². The lowest BCUT2D eigenvalue weighted by Crippen LogP contribution is -2.38. The molecule has 1 aromatic carbocycles. The molecule has 0 spiro atoms. The number of aliphatic carboxylic acids is 1. The standard InChI is InChI=1S/C13H15N3O4/c1-8(6-12(18)19)14-11(17)7-16-10-5-3-2-4-9(10)15-13(16)20/h2-5,8H,6-7H2,1H3,(H,14,17)(H,15,20)(H,18,19). The van der Waals surface area contributed by atoms with Crippen LogP contribution in [0.2, 0.25) is 0 Å². The predicted molar refractivity (Wildman–Crippen MR) is 72.4 cm³/mol. The van der Waals surface area contributed by atoms with Crippen LogP contribution in [0.5, 0.6) is 0 Å². The van der Waals surface area contributed by atoms with Crippen molar-refractivity contribution in [2.75, 3.05) is 0 Å². The Hall–Kier alpha value is -2.57. The Bertz CT molecular complexity index is 701. The van der Waals surface area contributed by atoms with Crippen molar-refractivity contribution in [3.63, 3.8) is 0 Å². The van der Waals surface area contributed by atoms with Gasteiger partial charge in [0.25, 0.3) is 0 Å². The first-order valence-corrected chi connectivity index (χ1v) is 6.16. The van der Waals surface area contributed by atoms with Crippen molar-refractivity contribution < 1.29 is 14.7 Å². The number of rotatable bonds is 5. The van der Waals surface area contributed by atoms with Crippen LogP contribution in [0.15, 0.2) is 29.1 Å². The Morgan fingerprint density at radius 2 is 2.10 bits per heavy atom. The molecule has 3 N–H and O–H groups in total. The van der Waals surface area contributed by atoms with E-state index >= 15 is 0 Å². The summed E-state index contributed by atoms with van der Waals surface area (Å²) in [5.74, 6) is -1.38. The third-order valence-corrected chi connectivity index (χ3v) is 2.87. The number of hydrogen-bond acceptors (Lipinski definition) is 3. The molecule has 7 heteroatoms. The molecule has 0 fully saturated rings. The molecule has 1 amide bonds. The van der Waals surface area contributed by atoms with Crippen molar-refractivity contribution in [2.24, 2.45) is 0 Å². The van der Waals surface area contributed by atoms with Crippen LogP contribution in [-0.4, -0.2) is 32.6 Å². The zero-order chi connectivity index (χ0) is 14.7. The first-order valence-electron chi connectivity index (χ1n) is 6.16. The van der Waals surface area contributed by atoms with Crippen molar-refractivity contribution in [3.05, 3.63) is 34.7 Å². The summed E-state index contributed by atoms with van der Waals surface area (Å²) in [6.45, 7) is 1.46. The number of carboxylic acid groups (broad SMARTS) is 1. The van der Waals surface area contributed by atoms with Crippen LogP contribution in [0.4, 0.5) is 0 Å². The fourth-order valence-corrected chi connectivity index (χ4v) is 2.04. The maximum atomic E-state index is 11.8. The van der Waals surface area contributed by atoms with E-state index < -0.39 is 17.9 Å². The Balaban J connectivity index is 2.12. The topological polar surface area (TPSA) is 104 Å². The largest absolute Gasteiger partial charge is 0.481 e. The minimum Gasteiger partial charge on any atom is -0.481 e. The van der Waals surface area contributed by atoms with Gasteiger partial charge in [-0.15, -0.1) is 0 Å². The third-order valence-electron chi connectivity index (χ3n) is 2.87. The van der Waals surface area contributed by atoms with Crippen LogP contribution < -0.4 is 11.0 Å².